The van der Waals surface area contributed by atoms with E-state index in [0.29, 0.717) is 37.6 Å². The van der Waals surface area contributed by atoms with Crippen molar-refractivity contribution in [1.82, 2.24) is 9.29 Å². The zero-order valence-electron chi connectivity index (χ0n) is 13.8. The van der Waals surface area contributed by atoms with Crippen molar-refractivity contribution in [3.63, 3.8) is 0 Å². The van der Waals surface area contributed by atoms with Crippen LogP contribution >= 0.6 is 0 Å². The van der Waals surface area contributed by atoms with Crippen LogP contribution in [0.2, 0.25) is 0 Å². The molecule has 128 valence electrons. The van der Waals surface area contributed by atoms with E-state index in [2.05, 4.69) is 4.98 Å². The Hall–Kier alpha value is -1.76. The molecule has 0 saturated carbocycles. The molecule has 1 fully saturated rings. The third-order valence-corrected chi connectivity index (χ3v) is 6.03. The third-order valence-electron chi connectivity index (χ3n) is 4.15. The van der Waals surface area contributed by atoms with Crippen LogP contribution < -0.4 is 0 Å². The quantitative estimate of drug-likeness (QED) is 0.852. The maximum absolute atomic E-state index is 12.8. The van der Waals surface area contributed by atoms with Gasteiger partial charge in [-0.25, -0.2) is 8.42 Å². The molecule has 1 aromatic heterocycles. The zero-order valence-corrected chi connectivity index (χ0v) is 14.6. The standard InChI is InChI=1S/C18H22N2O3S/c1-15-7-8-17(19-12-15)11-16-13-20(9-10-23-14-16)24(21,22)18-5-3-2-4-6-18/h2-8,12,16H,9-11,13-14H2,1H3/t16-/m0/s1. The number of rotatable bonds is 4. The van der Waals surface area contributed by atoms with Crippen LogP contribution in [-0.2, 0) is 21.2 Å². The van der Waals surface area contributed by atoms with Gasteiger partial charge in [0.2, 0.25) is 10.0 Å². The van der Waals surface area contributed by atoms with E-state index in [1.54, 1.807) is 24.3 Å². The highest BCUT2D eigenvalue weighted by atomic mass is 32.2. The molecule has 1 saturated heterocycles. The normalized spacial score (nSPS) is 19.8. The van der Waals surface area contributed by atoms with E-state index in [-0.39, 0.29) is 5.92 Å². The summed E-state index contributed by atoms with van der Waals surface area (Å²) >= 11 is 0. The summed E-state index contributed by atoms with van der Waals surface area (Å²) in [5, 5.41) is 0. The number of aromatic nitrogens is 1. The van der Waals surface area contributed by atoms with Crippen molar-refractivity contribution in [2.75, 3.05) is 26.3 Å². The van der Waals surface area contributed by atoms with E-state index < -0.39 is 10.0 Å². The first-order valence-corrected chi connectivity index (χ1v) is 9.54. The Balaban J connectivity index is 1.76. The van der Waals surface area contributed by atoms with Crippen LogP contribution in [0.1, 0.15) is 11.3 Å². The van der Waals surface area contributed by atoms with Gasteiger partial charge in [0.1, 0.15) is 0 Å². The highest BCUT2D eigenvalue weighted by Gasteiger charge is 2.29. The second kappa shape index (κ2) is 7.42. The van der Waals surface area contributed by atoms with Crippen LogP contribution in [0.5, 0.6) is 0 Å². The van der Waals surface area contributed by atoms with Crippen LogP contribution in [0.3, 0.4) is 0 Å². The molecule has 1 aromatic carbocycles. The third kappa shape index (κ3) is 4.01. The summed E-state index contributed by atoms with van der Waals surface area (Å²) < 4.78 is 32.8. The van der Waals surface area contributed by atoms with Gasteiger partial charge in [-0.2, -0.15) is 4.31 Å². The topological polar surface area (TPSA) is 59.5 Å². The number of sulfonamides is 1. The molecule has 0 bridgehead atoms. The summed E-state index contributed by atoms with van der Waals surface area (Å²) in [4.78, 5) is 4.76. The molecule has 0 spiro atoms. The molecule has 1 aliphatic heterocycles. The predicted octanol–water partition coefficient (Wildman–Crippen LogP) is 2.27. The summed E-state index contributed by atoms with van der Waals surface area (Å²) in [6.07, 6.45) is 2.55. The molecule has 1 aliphatic rings. The molecule has 0 amide bonds. The first-order chi connectivity index (χ1) is 11.6. The molecule has 6 heteroatoms. The Kier molecular flexibility index (Phi) is 5.28. The Bertz CT molecular complexity index is 761. The second-order valence-corrected chi connectivity index (χ2v) is 8.09. The molecule has 2 aromatic rings. The van der Waals surface area contributed by atoms with Gasteiger partial charge in [-0.1, -0.05) is 24.3 Å². The number of hydrogen-bond acceptors (Lipinski definition) is 4. The summed E-state index contributed by atoms with van der Waals surface area (Å²) in [6, 6.07) is 12.6. The lowest BCUT2D eigenvalue weighted by Gasteiger charge is -2.23. The molecular formula is C18H22N2O3S. The highest BCUT2D eigenvalue weighted by Crippen LogP contribution is 2.20. The minimum Gasteiger partial charge on any atom is -0.380 e. The van der Waals surface area contributed by atoms with Crippen LogP contribution in [0.4, 0.5) is 0 Å². The highest BCUT2D eigenvalue weighted by molar-refractivity contribution is 7.89. The molecule has 24 heavy (non-hydrogen) atoms. The molecule has 0 aliphatic carbocycles. The lowest BCUT2D eigenvalue weighted by Crippen LogP contribution is -2.36. The SMILES string of the molecule is Cc1ccc(C[C@@H]2COCCN(S(=O)(=O)c3ccccc3)C2)nc1. The largest absolute Gasteiger partial charge is 0.380 e. The maximum Gasteiger partial charge on any atom is 0.243 e. The van der Waals surface area contributed by atoms with Crippen molar-refractivity contribution in [2.45, 2.75) is 18.2 Å². The summed E-state index contributed by atoms with van der Waals surface area (Å²) in [6.45, 7) is 3.81. The van der Waals surface area contributed by atoms with Gasteiger partial charge in [0.25, 0.3) is 0 Å². The van der Waals surface area contributed by atoms with E-state index in [4.69, 9.17) is 4.74 Å². The lowest BCUT2D eigenvalue weighted by atomic mass is 10.0. The maximum atomic E-state index is 12.8. The van der Waals surface area contributed by atoms with Gasteiger partial charge < -0.3 is 4.74 Å². The van der Waals surface area contributed by atoms with Crippen molar-refractivity contribution in [1.29, 1.82) is 0 Å². The molecular weight excluding hydrogens is 324 g/mol. The minimum absolute atomic E-state index is 0.0983. The molecule has 0 unspecified atom stereocenters. The summed E-state index contributed by atoms with van der Waals surface area (Å²) in [5.41, 5.74) is 2.08. The van der Waals surface area contributed by atoms with Gasteiger partial charge in [-0.15, -0.1) is 0 Å². The van der Waals surface area contributed by atoms with Gasteiger partial charge in [0.05, 0.1) is 18.1 Å². The summed E-state index contributed by atoms with van der Waals surface area (Å²) in [5.74, 6) is 0.0983. The van der Waals surface area contributed by atoms with Gasteiger partial charge in [-0.3, -0.25) is 4.98 Å². The fraction of sp³-hybridized carbons (Fsp3) is 0.389. The smallest absolute Gasteiger partial charge is 0.243 e. The lowest BCUT2D eigenvalue weighted by molar-refractivity contribution is 0.122. The van der Waals surface area contributed by atoms with Gasteiger partial charge >= 0.3 is 0 Å². The Labute approximate surface area is 143 Å². The van der Waals surface area contributed by atoms with Gasteiger partial charge in [-0.05, 0) is 37.1 Å². The van der Waals surface area contributed by atoms with Crippen LogP contribution in [0, 0.1) is 12.8 Å². The Morgan fingerprint density at radius 1 is 1.21 bits per heavy atom. The van der Waals surface area contributed by atoms with Crippen LogP contribution in [0.15, 0.2) is 53.6 Å². The molecule has 3 rings (SSSR count). The molecule has 1 atom stereocenters. The van der Waals surface area contributed by atoms with E-state index in [9.17, 15) is 8.42 Å². The van der Waals surface area contributed by atoms with Crippen molar-refractivity contribution >= 4 is 10.0 Å². The predicted molar refractivity (Wildman–Crippen MR) is 92.2 cm³/mol. The number of aryl methyl sites for hydroxylation is 1. The molecule has 2 heterocycles. The first-order valence-electron chi connectivity index (χ1n) is 8.10. The fourth-order valence-corrected chi connectivity index (χ4v) is 4.37. The number of nitrogens with zero attached hydrogens (tertiary/aromatic N) is 2. The van der Waals surface area contributed by atoms with E-state index in [1.165, 1.54) is 4.31 Å². The van der Waals surface area contributed by atoms with Crippen molar-refractivity contribution < 1.29 is 13.2 Å². The number of pyridine rings is 1. The monoisotopic (exact) mass is 346 g/mol. The Morgan fingerprint density at radius 3 is 2.71 bits per heavy atom. The van der Waals surface area contributed by atoms with Crippen LogP contribution in [0.25, 0.3) is 0 Å². The van der Waals surface area contributed by atoms with Crippen molar-refractivity contribution in [3.8, 4) is 0 Å². The molecule has 0 N–H and O–H groups in total. The Morgan fingerprint density at radius 2 is 2.00 bits per heavy atom. The number of hydrogen-bond donors (Lipinski definition) is 0. The number of ether oxygens (including phenoxy) is 1. The van der Waals surface area contributed by atoms with Gasteiger partial charge in [0.15, 0.2) is 0 Å². The summed E-state index contributed by atoms with van der Waals surface area (Å²) in [7, 11) is -3.48. The zero-order chi connectivity index (χ0) is 17.0. The average molecular weight is 346 g/mol. The second-order valence-electron chi connectivity index (χ2n) is 6.15. The fourth-order valence-electron chi connectivity index (χ4n) is 2.85. The van der Waals surface area contributed by atoms with E-state index >= 15 is 0 Å². The van der Waals surface area contributed by atoms with Crippen LogP contribution in [-0.4, -0.2) is 44.0 Å². The van der Waals surface area contributed by atoms with Crippen molar-refractivity contribution in [2.24, 2.45) is 5.92 Å². The minimum atomic E-state index is -3.48. The van der Waals surface area contributed by atoms with E-state index in [1.807, 2.05) is 31.3 Å². The van der Waals surface area contributed by atoms with Crippen molar-refractivity contribution in [3.05, 3.63) is 59.9 Å². The van der Waals surface area contributed by atoms with Gasteiger partial charge in [0, 0.05) is 30.9 Å². The molecule has 0 radical (unpaired) electrons. The first kappa shape index (κ1) is 17.1. The van der Waals surface area contributed by atoms with E-state index in [0.717, 1.165) is 11.3 Å². The molecule has 5 nitrogen and oxygen atoms in total. The average Bonchev–Trinajstić information content (AvgIpc) is 2.84. The number of benzene rings is 1.